The molecule has 2 N–H and O–H groups in total. The molecule has 0 saturated carbocycles. The number of hydrogen-bond donors (Lipinski definition) is 2. The van der Waals surface area contributed by atoms with E-state index >= 15 is 0 Å². The van der Waals surface area contributed by atoms with Crippen molar-refractivity contribution in [2.75, 3.05) is 32.7 Å². The molecule has 0 amide bonds. The average molecular weight is 463 g/mol. The summed E-state index contributed by atoms with van der Waals surface area (Å²) in [6.07, 6.45) is 4.71. The van der Waals surface area contributed by atoms with E-state index in [0.717, 1.165) is 49.3 Å². The Kier molecular flexibility index (Phi) is 11.1. The number of rotatable bonds is 8. The third-order valence-electron chi connectivity index (χ3n) is 4.53. The van der Waals surface area contributed by atoms with E-state index in [4.69, 9.17) is 4.52 Å². The van der Waals surface area contributed by atoms with Gasteiger partial charge in [-0.3, -0.25) is 0 Å². The van der Waals surface area contributed by atoms with Gasteiger partial charge in [-0.25, -0.2) is 4.99 Å². The van der Waals surface area contributed by atoms with E-state index < -0.39 is 0 Å². The van der Waals surface area contributed by atoms with Crippen molar-refractivity contribution in [3.8, 4) is 0 Å². The molecule has 25 heavy (non-hydrogen) atoms. The van der Waals surface area contributed by atoms with Crippen LogP contribution in [0.4, 0.5) is 0 Å². The zero-order valence-electron chi connectivity index (χ0n) is 15.9. The van der Waals surface area contributed by atoms with Gasteiger partial charge >= 0.3 is 0 Å². The second-order valence-corrected chi connectivity index (χ2v) is 6.64. The number of guanidine groups is 1. The Morgan fingerprint density at radius 3 is 2.72 bits per heavy atom. The molecule has 0 atom stereocenters. The van der Waals surface area contributed by atoms with Crippen LogP contribution >= 0.6 is 24.0 Å². The summed E-state index contributed by atoms with van der Waals surface area (Å²) >= 11 is 0. The Hall–Kier alpha value is -0.830. The summed E-state index contributed by atoms with van der Waals surface area (Å²) in [5.41, 5.74) is 0.981. The first-order valence-corrected chi connectivity index (χ1v) is 9.40. The van der Waals surface area contributed by atoms with Crippen LogP contribution < -0.4 is 10.6 Å². The molecule has 2 heterocycles. The lowest BCUT2D eigenvalue weighted by Crippen LogP contribution is -2.39. The molecule has 0 unspecified atom stereocenters. The van der Waals surface area contributed by atoms with Gasteiger partial charge in [0.15, 0.2) is 11.7 Å². The zero-order valence-corrected chi connectivity index (χ0v) is 18.2. The Morgan fingerprint density at radius 1 is 1.32 bits per heavy atom. The van der Waals surface area contributed by atoms with E-state index in [1.807, 2.05) is 6.07 Å². The van der Waals surface area contributed by atoms with Crippen molar-refractivity contribution in [2.45, 2.75) is 53.0 Å². The molecular weight excluding hydrogens is 429 g/mol. The summed E-state index contributed by atoms with van der Waals surface area (Å²) in [4.78, 5) is 7.15. The maximum Gasteiger partial charge on any atom is 0.191 e. The van der Waals surface area contributed by atoms with Gasteiger partial charge in [0.1, 0.15) is 6.54 Å². The lowest BCUT2D eigenvalue weighted by Gasteiger charge is -2.30. The highest BCUT2D eigenvalue weighted by Crippen LogP contribution is 2.15. The summed E-state index contributed by atoms with van der Waals surface area (Å²) < 4.78 is 5.28. The summed E-state index contributed by atoms with van der Waals surface area (Å²) in [6, 6.07) is 1.98. The second kappa shape index (κ2) is 12.5. The van der Waals surface area contributed by atoms with E-state index in [1.165, 1.54) is 32.5 Å². The molecule has 2 rings (SSSR count). The molecule has 1 aromatic rings. The fraction of sp³-hybridized carbons (Fsp3) is 0.778. The lowest BCUT2D eigenvalue weighted by molar-refractivity contribution is 0.191. The predicted molar refractivity (Wildman–Crippen MR) is 114 cm³/mol. The molecule has 0 spiro atoms. The number of aliphatic imine (C=N–C) groups is 1. The van der Waals surface area contributed by atoms with Crippen molar-refractivity contribution in [1.29, 1.82) is 0 Å². The van der Waals surface area contributed by atoms with Crippen LogP contribution in [0.2, 0.25) is 0 Å². The number of nitrogens with zero attached hydrogens (tertiary/aromatic N) is 3. The van der Waals surface area contributed by atoms with Gasteiger partial charge in [0.25, 0.3) is 0 Å². The Bertz CT molecular complexity index is 497. The number of aromatic nitrogens is 1. The first kappa shape index (κ1) is 22.2. The monoisotopic (exact) mass is 463 g/mol. The van der Waals surface area contributed by atoms with Crippen LogP contribution in [0.3, 0.4) is 0 Å². The van der Waals surface area contributed by atoms with Gasteiger partial charge in [0, 0.05) is 19.2 Å². The molecule has 144 valence electrons. The smallest absolute Gasteiger partial charge is 0.191 e. The number of piperidine rings is 1. The van der Waals surface area contributed by atoms with Crippen LogP contribution in [0.25, 0.3) is 0 Å². The van der Waals surface area contributed by atoms with Gasteiger partial charge in [-0.05, 0) is 58.2 Å². The number of hydrogen-bond acceptors (Lipinski definition) is 4. The fourth-order valence-electron chi connectivity index (χ4n) is 2.89. The minimum Gasteiger partial charge on any atom is -0.359 e. The van der Waals surface area contributed by atoms with Crippen molar-refractivity contribution in [2.24, 2.45) is 10.9 Å². The van der Waals surface area contributed by atoms with Crippen LogP contribution in [0, 0.1) is 5.92 Å². The van der Waals surface area contributed by atoms with Gasteiger partial charge < -0.3 is 20.1 Å². The summed E-state index contributed by atoms with van der Waals surface area (Å²) in [6.45, 7) is 12.5. The second-order valence-electron chi connectivity index (χ2n) is 6.64. The topological polar surface area (TPSA) is 65.7 Å². The van der Waals surface area contributed by atoms with Crippen molar-refractivity contribution < 1.29 is 4.52 Å². The Balaban J connectivity index is 0.00000312. The standard InChI is InChI=1S/C18H33N5O.HI/c1-4-16-13-17(24-22-16)14-21-18(19-5-2)20-9-6-10-23-11-7-15(3)8-12-23;/h13,15H,4-12,14H2,1-3H3,(H2,19,20,21);1H. The van der Waals surface area contributed by atoms with Crippen molar-refractivity contribution in [1.82, 2.24) is 20.7 Å². The molecule has 6 nitrogen and oxygen atoms in total. The maximum atomic E-state index is 5.28. The quantitative estimate of drug-likeness (QED) is 0.269. The molecule has 0 radical (unpaired) electrons. The molecular formula is C18H34IN5O. The highest BCUT2D eigenvalue weighted by atomic mass is 127. The summed E-state index contributed by atoms with van der Waals surface area (Å²) in [7, 11) is 0. The third-order valence-corrected chi connectivity index (χ3v) is 4.53. The van der Waals surface area contributed by atoms with E-state index in [0.29, 0.717) is 6.54 Å². The van der Waals surface area contributed by atoms with E-state index in [2.05, 4.69) is 46.5 Å². The molecule has 7 heteroatoms. The predicted octanol–water partition coefficient (Wildman–Crippen LogP) is 3.03. The normalized spacial score (nSPS) is 16.5. The van der Waals surface area contributed by atoms with E-state index in [1.54, 1.807) is 0 Å². The van der Waals surface area contributed by atoms with Gasteiger partial charge in [-0.2, -0.15) is 0 Å². The van der Waals surface area contributed by atoms with E-state index in [9.17, 15) is 0 Å². The average Bonchev–Trinajstić information content (AvgIpc) is 3.06. The molecule has 1 aromatic heterocycles. The molecule has 1 aliphatic rings. The van der Waals surface area contributed by atoms with E-state index in [-0.39, 0.29) is 24.0 Å². The van der Waals surface area contributed by atoms with Gasteiger partial charge in [0.2, 0.25) is 0 Å². The van der Waals surface area contributed by atoms with Crippen LogP contribution in [0.15, 0.2) is 15.6 Å². The molecule has 1 aliphatic heterocycles. The molecule has 1 saturated heterocycles. The van der Waals surface area contributed by atoms with Crippen molar-refractivity contribution in [3.05, 3.63) is 17.5 Å². The molecule has 0 bridgehead atoms. The van der Waals surface area contributed by atoms with Crippen LogP contribution in [-0.2, 0) is 13.0 Å². The fourth-order valence-corrected chi connectivity index (χ4v) is 2.89. The first-order chi connectivity index (χ1) is 11.7. The number of likely N-dealkylation sites (tertiary alicyclic amines) is 1. The number of halogens is 1. The SMILES string of the molecule is CCNC(=NCc1cc(CC)no1)NCCCN1CCC(C)CC1.I. The van der Waals surface area contributed by atoms with Crippen LogP contribution in [0.1, 0.15) is 51.5 Å². The van der Waals surface area contributed by atoms with Crippen molar-refractivity contribution >= 4 is 29.9 Å². The Labute approximate surface area is 169 Å². The molecule has 0 aromatic carbocycles. The largest absolute Gasteiger partial charge is 0.359 e. The van der Waals surface area contributed by atoms with Gasteiger partial charge in [-0.15, -0.1) is 24.0 Å². The molecule has 0 aliphatic carbocycles. The van der Waals surface area contributed by atoms with Crippen LogP contribution in [-0.4, -0.2) is 48.7 Å². The minimum absolute atomic E-state index is 0. The highest BCUT2D eigenvalue weighted by molar-refractivity contribution is 14.0. The highest BCUT2D eigenvalue weighted by Gasteiger charge is 2.14. The third kappa shape index (κ3) is 8.40. The Morgan fingerprint density at radius 2 is 2.08 bits per heavy atom. The molecule has 1 fully saturated rings. The number of nitrogens with one attached hydrogen (secondary N) is 2. The van der Waals surface area contributed by atoms with Crippen LogP contribution in [0.5, 0.6) is 0 Å². The lowest BCUT2D eigenvalue weighted by atomic mass is 9.99. The zero-order chi connectivity index (χ0) is 17.2. The minimum atomic E-state index is 0. The van der Waals surface area contributed by atoms with Gasteiger partial charge in [-0.1, -0.05) is 19.0 Å². The summed E-state index contributed by atoms with van der Waals surface area (Å²) in [5, 5.41) is 10.7. The van der Waals surface area contributed by atoms with Crippen molar-refractivity contribution in [3.63, 3.8) is 0 Å². The van der Waals surface area contributed by atoms with Gasteiger partial charge in [0.05, 0.1) is 5.69 Å². The summed E-state index contributed by atoms with van der Waals surface area (Å²) in [5.74, 6) is 2.56. The maximum absolute atomic E-state index is 5.28. The number of aryl methyl sites for hydroxylation is 1. The first-order valence-electron chi connectivity index (χ1n) is 9.40.